The van der Waals surface area contributed by atoms with Gasteiger partial charge in [-0.1, -0.05) is 24.3 Å². The highest BCUT2D eigenvalue weighted by Crippen LogP contribution is 2.20. The van der Waals surface area contributed by atoms with Crippen LogP contribution in [0.15, 0.2) is 53.9 Å². The normalized spacial score (nSPS) is 14.0. The highest BCUT2D eigenvalue weighted by atomic mass is 32.1. The van der Waals surface area contributed by atoms with Crippen molar-refractivity contribution in [1.82, 2.24) is 19.6 Å². The molecule has 0 spiro atoms. The summed E-state index contributed by atoms with van der Waals surface area (Å²) >= 11 is 1.37. The molecule has 1 aromatic carbocycles. The monoisotopic (exact) mass is 423 g/mol. The number of thiophene rings is 1. The van der Waals surface area contributed by atoms with Gasteiger partial charge in [-0.3, -0.25) is 19.3 Å². The van der Waals surface area contributed by atoms with Crippen LogP contribution >= 0.6 is 11.3 Å². The first-order chi connectivity index (χ1) is 14.4. The summed E-state index contributed by atoms with van der Waals surface area (Å²) in [5, 5.41) is 8.83. The van der Waals surface area contributed by atoms with Crippen molar-refractivity contribution in [2.24, 2.45) is 0 Å². The van der Waals surface area contributed by atoms with Crippen LogP contribution in [0.4, 0.5) is 10.6 Å². The van der Waals surface area contributed by atoms with E-state index < -0.39 is 30.3 Å². The quantitative estimate of drug-likeness (QED) is 0.483. The summed E-state index contributed by atoms with van der Waals surface area (Å²) in [6.45, 7) is 1.21. The number of rotatable bonds is 6. The van der Waals surface area contributed by atoms with Crippen LogP contribution < -0.4 is 5.32 Å². The maximum Gasteiger partial charge on any atom is 0.335 e. The molecule has 152 valence electrons. The number of benzene rings is 1. The molecule has 1 saturated heterocycles. The second-order valence-electron chi connectivity index (χ2n) is 6.61. The van der Waals surface area contributed by atoms with Gasteiger partial charge in [-0.2, -0.15) is 5.10 Å². The van der Waals surface area contributed by atoms with E-state index in [0.717, 1.165) is 15.5 Å². The molecule has 5 amide bonds. The van der Waals surface area contributed by atoms with Crippen molar-refractivity contribution in [2.75, 3.05) is 11.9 Å². The lowest BCUT2D eigenvalue weighted by molar-refractivity contribution is -0.143. The molecule has 3 heterocycles. The minimum absolute atomic E-state index is 0.000829. The Morgan fingerprint density at radius 2 is 1.77 bits per heavy atom. The molecular weight excluding hydrogens is 406 g/mol. The third-order valence-corrected chi connectivity index (χ3v) is 5.29. The van der Waals surface area contributed by atoms with Crippen molar-refractivity contribution in [3.8, 4) is 5.69 Å². The molecule has 30 heavy (non-hydrogen) atoms. The zero-order valence-electron chi connectivity index (χ0n) is 15.9. The van der Waals surface area contributed by atoms with E-state index in [2.05, 4.69) is 10.4 Å². The Morgan fingerprint density at radius 3 is 2.47 bits per heavy atom. The Labute approximate surface area is 175 Å². The minimum Gasteiger partial charge on any atom is -0.309 e. The van der Waals surface area contributed by atoms with E-state index in [9.17, 15) is 19.2 Å². The van der Waals surface area contributed by atoms with Gasteiger partial charge < -0.3 is 5.32 Å². The number of aryl methyl sites for hydroxylation is 1. The molecule has 2 aromatic heterocycles. The highest BCUT2D eigenvalue weighted by molar-refractivity contribution is 7.09. The number of para-hydroxylation sites is 1. The summed E-state index contributed by atoms with van der Waals surface area (Å²) in [5.41, 5.74) is 1.42. The Hall–Kier alpha value is -3.79. The molecule has 0 saturated carbocycles. The van der Waals surface area contributed by atoms with E-state index in [1.165, 1.54) is 11.3 Å². The Balaban J connectivity index is 1.48. The number of carbonyl (C=O) groups is 4. The molecular formula is C20H17N5O4S. The first-order valence-electron chi connectivity index (χ1n) is 9.05. The maximum absolute atomic E-state index is 12.6. The molecule has 1 fully saturated rings. The van der Waals surface area contributed by atoms with E-state index >= 15 is 0 Å². The maximum atomic E-state index is 12.6. The average Bonchev–Trinajstić information content (AvgIpc) is 3.42. The lowest BCUT2D eigenvalue weighted by Gasteiger charge is -2.15. The molecule has 0 bridgehead atoms. The summed E-state index contributed by atoms with van der Waals surface area (Å²) in [5.74, 6) is -2.17. The topological polar surface area (TPSA) is 105 Å². The van der Waals surface area contributed by atoms with Gasteiger partial charge in [0.25, 0.3) is 0 Å². The molecule has 0 atom stereocenters. The van der Waals surface area contributed by atoms with Crippen LogP contribution in [0.2, 0.25) is 0 Å². The summed E-state index contributed by atoms with van der Waals surface area (Å²) < 4.78 is 1.55. The lowest BCUT2D eigenvalue weighted by Crippen LogP contribution is -2.39. The van der Waals surface area contributed by atoms with Gasteiger partial charge in [0.15, 0.2) is 0 Å². The summed E-state index contributed by atoms with van der Waals surface area (Å²) in [6.07, 6.45) is 0. The summed E-state index contributed by atoms with van der Waals surface area (Å²) in [4.78, 5) is 51.8. The van der Waals surface area contributed by atoms with Crippen LogP contribution in [-0.2, 0) is 20.9 Å². The zero-order valence-corrected chi connectivity index (χ0v) is 16.8. The number of nitrogens with zero attached hydrogens (tertiary/aromatic N) is 4. The second-order valence-corrected chi connectivity index (χ2v) is 7.64. The average molecular weight is 423 g/mol. The molecule has 1 aliphatic rings. The van der Waals surface area contributed by atoms with Gasteiger partial charge in [-0.25, -0.2) is 14.4 Å². The van der Waals surface area contributed by atoms with Gasteiger partial charge in [0, 0.05) is 10.9 Å². The lowest BCUT2D eigenvalue weighted by atomic mass is 10.3. The second kappa shape index (κ2) is 7.91. The van der Waals surface area contributed by atoms with Crippen LogP contribution in [0, 0.1) is 6.92 Å². The minimum atomic E-state index is -1.01. The van der Waals surface area contributed by atoms with Gasteiger partial charge >= 0.3 is 17.8 Å². The Morgan fingerprint density at radius 1 is 1.03 bits per heavy atom. The highest BCUT2D eigenvalue weighted by Gasteiger charge is 2.45. The number of nitrogens with one attached hydrogen (secondary N) is 1. The molecule has 1 N–H and O–H groups in total. The molecule has 1 aliphatic heterocycles. The fraction of sp³-hybridized carbons (Fsp3) is 0.150. The van der Waals surface area contributed by atoms with Gasteiger partial charge in [-0.05, 0) is 30.5 Å². The van der Waals surface area contributed by atoms with Gasteiger partial charge in [0.2, 0.25) is 5.91 Å². The van der Waals surface area contributed by atoms with Gasteiger partial charge in [0.05, 0.1) is 17.9 Å². The van der Waals surface area contributed by atoms with Crippen LogP contribution in [0.5, 0.6) is 0 Å². The molecule has 0 radical (unpaired) electrons. The number of amides is 5. The molecule has 0 unspecified atom stereocenters. The van der Waals surface area contributed by atoms with Crippen molar-refractivity contribution in [3.05, 3.63) is 64.5 Å². The fourth-order valence-corrected chi connectivity index (χ4v) is 3.76. The summed E-state index contributed by atoms with van der Waals surface area (Å²) in [6, 6.07) is 13.6. The fourth-order valence-electron chi connectivity index (χ4n) is 3.07. The van der Waals surface area contributed by atoms with Crippen molar-refractivity contribution in [3.63, 3.8) is 0 Å². The Kier molecular flexibility index (Phi) is 5.15. The number of carbonyl (C=O) groups excluding carboxylic acids is 4. The van der Waals surface area contributed by atoms with Crippen LogP contribution in [0.25, 0.3) is 5.69 Å². The van der Waals surface area contributed by atoms with E-state index in [1.54, 1.807) is 29.8 Å². The standard InChI is InChI=1S/C20H17N5O4S/c1-13-10-16(25(22-13)14-6-3-2-4-7-14)21-17(26)12-24-19(28)18(27)23(20(24)29)11-15-8-5-9-30-15/h2-10H,11-12H2,1H3,(H,21,26). The third kappa shape index (κ3) is 3.72. The number of anilines is 1. The molecule has 3 aromatic rings. The predicted octanol–water partition coefficient (Wildman–Crippen LogP) is 2.17. The first-order valence-corrected chi connectivity index (χ1v) is 9.93. The van der Waals surface area contributed by atoms with E-state index in [1.807, 2.05) is 35.7 Å². The molecule has 9 nitrogen and oxygen atoms in total. The molecule has 4 rings (SSSR count). The van der Waals surface area contributed by atoms with Gasteiger partial charge in [-0.15, -0.1) is 11.3 Å². The molecule has 0 aliphatic carbocycles. The van der Waals surface area contributed by atoms with Crippen molar-refractivity contribution >= 4 is 40.9 Å². The Bertz CT molecular complexity index is 1120. The van der Waals surface area contributed by atoms with Crippen molar-refractivity contribution in [2.45, 2.75) is 13.5 Å². The van der Waals surface area contributed by atoms with Crippen molar-refractivity contribution < 1.29 is 19.2 Å². The van der Waals surface area contributed by atoms with E-state index in [4.69, 9.17) is 0 Å². The smallest absolute Gasteiger partial charge is 0.309 e. The molecule has 10 heteroatoms. The largest absolute Gasteiger partial charge is 0.335 e. The van der Waals surface area contributed by atoms with Crippen LogP contribution in [0.1, 0.15) is 10.6 Å². The van der Waals surface area contributed by atoms with Gasteiger partial charge in [0.1, 0.15) is 12.4 Å². The van der Waals surface area contributed by atoms with E-state index in [0.29, 0.717) is 16.4 Å². The number of urea groups is 1. The predicted molar refractivity (Wildman–Crippen MR) is 109 cm³/mol. The SMILES string of the molecule is Cc1cc(NC(=O)CN2C(=O)C(=O)N(Cc3cccs3)C2=O)n(-c2ccccc2)n1. The van der Waals surface area contributed by atoms with Crippen LogP contribution in [-0.4, -0.2) is 49.9 Å². The number of hydrogen-bond acceptors (Lipinski definition) is 6. The number of aromatic nitrogens is 2. The van der Waals surface area contributed by atoms with Crippen LogP contribution in [0.3, 0.4) is 0 Å². The number of imide groups is 2. The third-order valence-electron chi connectivity index (χ3n) is 4.43. The zero-order chi connectivity index (χ0) is 21.3. The van der Waals surface area contributed by atoms with Crippen molar-refractivity contribution in [1.29, 1.82) is 0 Å². The van der Waals surface area contributed by atoms with E-state index in [-0.39, 0.29) is 6.54 Å². The summed E-state index contributed by atoms with van der Waals surface area (Å²) in [7, 11) is 0. The number of hydrogen-bond donors (Lipinski definition) is 1. The first kappa shape index (κ1) is 19.5.